The van der Waals surface area contributed by atoms with Crippen molar-refractivity contribution in [2.75, 3.05) is 6.54 Å². The van der Waals surface area contributed by atoms with Gasteiger partial charge in [-0.25, -0.2) is 0 Å². The second-order valence-electron chi connectivity index (χ2n) is 6.94. The summed E-state index contributed by atoms with van der Waals surface area (Å²) in [4.78, 5) is 12.6. The van der Waals surface area contributed by atoms with Crippen LogP contribution in [-0.4, -0.2) is 27.2 Å². The van der Waals surface area contributed by atoms with Gasteiger partial charge in [-0.2, -0.15) is 5.10 Å². The van der Waals surface area contributed by atoms with Crippen LogP contribution in [0.5, 0.6) is 0 Å². The maximum atomic E-state index is 12.6. The molecule has 4 rings (SSSR count). The lowest BCUT2D eigenvalue weighted by molar-refractivity contribution is -0.122. The molecule has 0 aliphatic heterocycles. The van der Waals surface area contributed by atoms with Crippen LogP contribution in [0.25, 0.3) is 0 Å². The number of rotatable bonds is 4. The zero-order valence-corrected chi connectivity index (χ0v) is 14.7. The van der Waals surface area contributed by atoms with Crippen molar-refractivity contribution in [3.8, 4) is 0 Å². The Kier molecular flexibility index (Phi) is 3.79. The van der Waals surface area contributed by atoms with Gasteiger partial charge in [0.1, 0.15) is 5.82 Å². The summed E-state index contributed by atoms with van der Waals surface area (Å²) >= 11 is 5.19. The zero-order valence-electron chi connectivity index (χ0n) is 13.8. The van der Waals surface area contributed by atoms with E-state index in [1.165, 1.54) is 17.5 Å². The van der Waals surface area contributed by atoms with Crippen molar-refractivity contribution in [3.63, 3.8) is 0 Å². The summed E-state index contributed by atoms with van der Waals surface area (Å²) < 4.78 is 2.51. The number of aromatic amines is 1. The van der Waals surface area contributed by atoms with Crippen molar-refractivity contribution in [2.24, 2.45) is 5.92 Å². The van der Waals surface area contributed by atoms with Gasteiger partial charge in [0.2, 0.25) is 5.91 Å². The molecule has 2 atom stereocenters. The molecule has 126 valence electrons. The van der Waals surface area contributed by atoms with Gasteiger partial charge in [0, 0.05) is 24.4 Å². The first-order valence-electron chi connectivity index (χ1n) is 8.60. The maximum absolute atomic E-state index is 12.6. The molecule has 1 heterocycles. The Morgan fingerprint density at radius 1 is 1.50 bits per heavy atom. The molecule has 1 saturated carbocycles. The fraction of sp³-hybridized carbons (Fsp3) is 0.500. The number of benzene rings is 1. The summed E-state index contributed by atoms with van der Waals surface area (Å²) in [7, 11) is 0. The van der Waals surface area contributed by atoms with Crippen LogP contribution in [0.4, 0.5) is 0 Å². The smallest absolute Gasteiger partial charge is 0.224 e. The third kappa shape index (κ3) is 2.49. The van der Waals surface area contributed by atoms with Crippen molar-refractivity contribution >= 4 is 18.1 Å². The Balaban J connectivity index is 1.40. The summed E-state index contributed by atoms with van der Waals surface area (Å²) in [5, 5.41) is 9.95. The molecular weight excluding hydrogens is 320 g/mol. The number of nitrogens with one attached hydrogen (secondary N) is 2. The van der Waals surface area contributed by atoms with Gasteiger partial charge < -0.3 is 9.88 Å². The molecule has 2 aromatic rings. The molecule has 6 heteroatoms. The molecule has 0 saturated heterocycles. The lowest BCUT2D eigenvalue weighted by atomic mass is 9.78. The second kappa shape index (κ2) is 5.84. The largest absolute Gasteiger partial charge is 0.354 e. The molecule has 0 radical (unpaired) electrons. The van der Waals surface area contributed by atoms with Crippen LogP contribution >= 0.6 is 12.2 Å². The Hall–Kier alpha value is -1.95. The van der Waals surface area contributed by atoms with E-state index in [1.54, 1.807) is 0 Å². The van der Waals surface area contributed by atoms with Crippen LogP contribution in [0, 0.1) is 17.6 Å². The van der Waals surface area contributed by atoms with Gasteiger partial charge in [0.05, 0.1) is 0 Å². The number of fused-ring (bicyclic) bond motifs is 2. The highest BCUT2D eigenvalue weighted by atomic mass is 32.1. The highest BCUT2D eigenvalue weighted by molar-refractivity contribution is 7.71. The highest BCUT2D eigenvalue weighted by Gasteiger charge is 2.59. The quantitative estimate of drug-likeness (QED) is 0.840. The monoisotopic (exact) mass is 342 g/mol. The number of hydrogen-bond donors (Lipinski definition) is 2. The third-order valence-electron chi connectivity index (χ3n) is 5.60. The van der Waals surface area contributed by atoms with E-state index in [0.717, 1.165) is 25.1 Å². The maximum Gasteiger partial charge on any atom is 0.224 e. The van der Waals surface area contributed by atoms with Gasteiger partial charge in [-0.05, 0) is 56.0 Å². The fourth-order valence-corrected chi connectivity index (χ4v) is 4.52. The summed E-state index contributed by atoms with van der Waals surface area (Å²) in [6.07, 6.45) is 4.45. The van der Waals surface area contributed by atoms with Gasteiger partial charge in [-0.15, -0.1) is 0 Å². The minimum atomic E-state index is 0.0980. The van der Waals surface area contributed by atoms with Gasteiger partial charge in [-0.3, -0.25) is 9.89 Å². The summed E-state index contributed by atoms with van der Waals surface area (Å²) in [6.45, 7) is 3.15. The van der Waals surface area contributed by atoms with Crippen LogP contribution < -0.4 is 5.32 Å². The van der Waals surface area contributed by atoms with E-state index in [0.29, 0.717) is 17.9 Å². The number of carbonyl (C=O) groups excluding carboxylic acids is 1. The molecule has 1 fully saturated rings. The molecule has 24 heavy (non-hydrogen) atoms. The van der Waals surface area contributed by atoms with Crippen molar-refractivity contribution in [1.82, 2.24) is 20.1 Å². The minimum absolute atomic E-state index is 0.0980. The van der Waals surface area contributed by atoms with E-state index in [-0.39, 0.29) is 17.2 Å². The van der Waals surface area contributed by atoms with Crippen LogP contribution in [0.3, 0.4) is 0 Å². The molecule has 1 amide bonds. The molecule has 1 spiro atoms. The summed E-state index contributed by atoms with van der Waals surface area (Å²) in [5.74, 6) is 1.15. The lowest BCUT2D eigenvalue weighted by Gasteiger charge is -2.26. The molecule has 2 N–H and O–H groups in total. The number of H-pyrrole nitrogens is 1. The van der Waals surface area contributed by atoms with Gasteiger partial charge in [0.15, 0.2) is 4.77 Å². The summed E-state index contributed by atoms with van der Waals surface area (Å²) in [5.41, 5.74) is 2.93. The van der Waals surface area contributed by atoms with Crippen LogP contribution in [0.15, 0.2) is 24.3 Å². The SMILES string of the molecule is Cc1n[nH]c(=S)n1CCNC(=O)[C@H]1C[C@@]12CCCc1ccccc12. The van der Waals surface area contributed by atoms with E-state index in [2.05, 4.69) is 39.8 Å². The molecule has 2 aliphatic carbocycles. The standard InChI is InChI=1S/C18H22N4OS/c1-12-20-21-17(24)22(12)10-9-19-16(23)15-11-18(15)8-4-6-13-5-2-3-7-14(13)18/h2-3,5,7,15H,4,6,8-11H2,1H3,(H,19,23)(H,21,24)/t15-,18-/m1/s1. The number of hydrogen-bond acceptors (Lipinski definition) is 3. The minimum Gasteiger partial charge on any atom is -0.354 e. The Bertz CT molecular complexity index is 840. The number of carbonyl (C=O) groups is 1. The van der Waals surface area contributed by atoms with E-state index in [4.69, 9.17) is 12.2 Å². The van der Waals surface area contributed by atoms with E-state index in [9.17, 15) is 4.79 Å². The Morgan fingerprint density at radius 3 is 3.12 bits per heavy atom. The predicted molar refractivity (Wildman–Crippen MR) is 94.3 cm³/mol. The molecule has 1 aromatic heterocycles. The normalized spacial score (nSPS) is 24.6. The van der Waals surface area contributed by atoms with Crippen LogP contribution in [-0.2, 0) is 23.2 Å². The molecule has 1 aromatic carbocycles. The lowest BCUT2D eigenvalue weighted by Crippen LogP contribution is -2.32. The van der Waals surface area contributed by atoms with Gasteiger partial charge in [0.25, 0.3) is 0 Å². The van der Waals surface area contributed by atoms with Crippen molar-refractivity contribution in [1.29, 1.82) is 0 Å². The third-order valence-corrected chi connectivity index (χ3v) is 5.91. The van der Waals surface area contributed by atoms with E-state index in [1.807, 2.05) is 11.5 Å². The van der Waals surface area contributed by atoms with Crippen molar-refractivity contribution in [3.05, 3.63) is 46.0 Å². The molecule has 2 aliphatic rings. The van der Waals surface area contributed by atoms with E-state index < -0.39 is 0 Å². The Labute approximate surface area is 146 Å². The first-order chi connectivity index (χ1) is 11.6. The first kappa shape index (κ1) is 15.6. The topological polar surface area (TPSA) is 62.7 Å². The molecule has 5 nitrogen and oxygen atoms in total. The fourth-order valence-electron chi connectivity index (χ4n) is 4.25. The highest BCUT2D eigenvalue weighted by Crippen LogP contribution is 2.60. The molecule has 0 unspecified atom stereocenters. The zero-order chi connectivity index (χ0) is 16.7. The average molecular weight is 342 g/mol. The summed E-state index contributed by atoms with van der Waals surface area (Å²) in [6, 6.07) is 8.64. The van der Waals surface area contributed by atoms with Gasteiger partial charge in [-0.1, -0.05) is 24.3 Å². The van der Waals surface area contributed by atoms with Crippen molar-refractivity contribution < 1.29 is 4.79 Å². The molecule has 0 bridgehead atoms. The van der Waals surface area contributed by atoms with Crippen molar-refractivity contribution in [2.45, 2.75) is 44.6 Å². The van der Waals surface area contributed by atoms with Crippen LogP contribution in [0.2, 0.25) is 0 Å². The number of aromatic nitrogens is 3. The van der Waals surface area contributed by atoms with E-state index >= 15 is 0 Å². The Morgan fingerprint density at radius 2 is 2.33 bits per heavy atom. The van der Waals surface area contributed by atoms with Gasteiger partial charge >= 0.3 is 0 Å². The second-order valence-corrected chi connectivity index (χ2v) is 7.33. The first-order valence-corrected chi connectivity index (χ1v) is 9.00. The predicted octanol–water partition coefficient (Wildman–Crippen LogP) is 2.66. The van der Waals surface area contributed by atoms with Crippen LogP contribution in [0.1, 0.15) is 36.2 Å². The average Bonchev–Trinajstić information content (AvgIpc) is 3.22. The number of aryl methyl sites for hydroxylation is 2. The number of nitrogens with zero attached hydrogens (tertiary/aromatic N) is 2. The number of amides is 1. The molecular formula is C18H22N4OS.